The fourth-order valence-electron chi connectivity index (χ4n) is 2.94. The van der Waals surface area contributed by atoms with Crippen molar-refractivity contribution >= 4 is 0 Å². The summed E-state index contributed by atoms with van der Waals surface area (Å²) in [5.41, 5.74) is 6.00. The van der Waals surface area contributed by atoms with Crippen LogP contribution in [-0.2, 0) is 0 Å². The first-order valence-corrected chi connectivity index (χ1v) is 6.34. The number of aliphatic hydroxyl groups is 1. The Morgan fingerprint density at radius 2 is 2.07 bits per heavy atom. The predicted octanol–water partition coefficient (Wildman–Crippen LogP) is 0.959. The number of likely N-dealkylation sites (tertiary alicyclic amines) is 1. The standard InChI is InChI=1S/C12H24N2O/c1-9-5-6-14(8-12(9)15)11-4-2-3-10(13)7-11/h9-12,15H,2-8,13H2,1H3. The van der Waals surface area contributed by atoms with Gasteiger partial charge in [-0.1, -0.05) is 13.3 Å². The van der Waals surface area contributed by atoms with Crippen molar-refractivity contribution in [2.45, 2.75) is 57.2 Å². The molecule has 2 aliphatic rings. The van der Waals surface area contributed by atoms with E-state index in [0.717, 1.165) is 25.9 Å². The third kappa shape index (κ3) is 2.71. The maximum atomic E-state index is 9.87. The van der Waals surface area contributed by atoms with E-state index in [-0.39, 0.29) is 6.10 Å². The van der Waals surface area contributed by atoms with E-state index in [1.807, 2.05) is 0 Å². The Hall–Kier alpha value is -0.120. The van der Waals surface area contributed by atoms with Crippen LogP contribution in [0.25, 0.3) is 0 Å². The molecule has 0 aromatic rings. The highest BCUT2D eigenvalue weighted by atomic mass is 16.3. The van der Waals surface area contributed by atoms with E-state index in [0.29, 0.717) is 18.0 Å². The molecule has 0 amide bonds. The van der Waals surface area contributed by atoms with Gasteiger partial charge in [-0.25, -0.2) is 0 Å². The minimum atomic E-state index is -0.128. The molecule has 3 N–H and O–H groups in total. The summed E-state index contributed by atoms with van der Waals surface area (Å²) in [5.74, 6) is 0.471. The number of β-amino-alcohol motifs (C(OH)–C–C–N with tert-alkyl or cyclic N) is 1. The van der Waals surface area contributed by atoms with Crippen LogP contribution in [0.3, 0.4) is 0 Å². The van der Waals surface area contributed by atoms with E-state index >= 15 is 0 Å². The molecule has 1 aliphatic carbocycles. The molecule has 1 saturated heterocycles. The Balaban J connectivity index is 1.87. The first-order chi connectivity index (χ1) is 7.16. The number of hydrogen-bond acceptors (Lipinski definition) is 3. The first kappa shape index (κ1) is 11.4. The highest BCUT2D eigenvalue weighted by Gasteiger charge is 2.31. The molecular weight excluding hydrogens is 188 g/mol. The van der Waals surface area contributed by atoms with Gasteiger partial charge in [-0.15, -0.1) is 0 Å². The van der Waals surface area contributed by atoms with Crippen molar-refractivity contribution in [1.82, 2.24) is 4.90 Å². The van der Waals surface area contributed by atoms with Gasteiger partial charge in [0.1, 0.15) is 0 Å². The summed E-state index contributed by atoms with van der Waals surface area (Å²) in [6.45, 7) is 4.16. The highest BCUT2D eigenvalue weighted by Crippen LogP contribution is 2.26. The van der Waals surface area contributed by atoms with Crippen LogP contribution in [0.5, 0.6) is 0 Å². The van der Waals surface area contributed by atoms with Crippen molar-refractivity contribution in [3.05, 3.63) is 0 Å². The molecule has 2 fully saturated rings. The zero-order chi connectivity index (χ0) is 10.8. The van der Waals surface area contributed by atoms with E-state index in [1.54, 1.807) is 0 Å². The van der Waals surface area contributed by atoms with Crippen molar-refractivity contribution in [3.63, 3.8) is 0 Å². The molecular formula is C12H24N2O. The minimum absolute atomic E-state index is 0.128. The van der Waals surface area contributed by atoms with Crippen LogP contribution < -0.4 is 5.73 Å². The van der Waals surface area contributed by atoms with Crippen LogP contribution in [0.4, 0.5) is 0 Å². The zero-order valence-corrected chi connectivity index (χ0v) is 9.73. The lowest BCUT2D eigenvalue weighted by Gasteiger charge is -2.42. The Bertz CT molecular complexity index is 210. The molecule has 4 unspecified atom stereocenters. The largest absolute Gasteiger partial charge is 0.392 e. The van der Waals surface area contributed by atoms with Crippen LogP contribution in [0.15, 0.2) is 0 Å². The highest BCUT2D eigenvalue weighted by molar-refractivity contribution is 4.86. The van der Waals surface area contributed by atoms with Crippen LogP contribution in [-0.4, -0.2) is 41.3 Å². The van der Waals surface area contributed by atoms with Crippen LogP contribution in [0, 0.1) is 5.92 Å². The van der Waals surface area contributed by atoms with E-state index < -0.39 is 0 Å². The van der Waals surface area contributed by atoms with E-state index in [4.69, 9.17) is 5.73 Å². The second-order valence-electron chi connectivity index (χ2n) is 5.41. The molecule has 1 aliphatic heterocycles. The molecule has 3 heteroatoms. The van der Waals surface area contributed by atoms with Crippen LogP contribution in [0.2, 0.25) is 0 Å². The van der Waals surface area contributed by atoms with Crippen LogP contribution in [0.1, 0.15) is 39.0 Å². The summed E-state index contributed by atoms with van der Waals surface area (Å²) >= 11 is 0. The minimum Gasteiger partial charge on any atom is -0.392 e. The lowest BCUT2D eigenvalue weighted by Crippen LogP contribution is -2.50. The van der Waals surface area contributed by atoms with Gasteiger partial charge in [-0.05, 0) is 38.1 Å². The maximum Gasteiger partial charge on any atom is 0.0693 e. The second kappa shape index (κ2) is 4.81. The molecule has 2 rings (SSSR count). The molecule has 1 heterocycles. The van der Waals surface area contributed by atoms with Crippen molar-refractivity contribution in [3.8, 4) is 0 Å². The van der Waals surface area contributed by atoms with Gasteiger partial charge in [-0.3, -0.25) is 4.90 Å². The molecule has 0 bridgehead atoms. The van der Waals surface area contributed by atoms with Crippen molar-refractivity contribution in [2.75, 3.05) is 13.1 Å². The topological polar surface area (TPSA) is 49.5 Å². The average Bonchev–Trinajstić information content (AvgIpc) is 2.22. The van der Waals surface area contributed by atoms with E-state index in [1.165, 1.54) is 19.3 Å². The smallest absolute Gasteiger partial charge is 0.0693 e. The van der Waals surface area contributed by atoms with Crippen LogP contribution >= 0.6 is 0 Å². The molecule has 4 atom stereocenters. The molecule has 3 nitrogen and oxygen atoms in total. The molecule has 1 saturated carbocycles. The lowest BCUT2D eigenvalue weighted by atomic mass is 9.87. The number of nitrogens with two attached hydrogens (primary N) is 1. The molecule has 0 spiro atoms. The number of rotatable bonds is 1. The van der Waals surface area contributed by atoms with Gasteiger partial charge in [0.2, 0.25) is 0 Å². The fourth-order valence-corrected chi connectivity index (χ4v) is 2.94. The Morgan fingerprint density at radius 3 is 2.73 bits per heavy atom. The Kier molecular flexibility index (Phi) is 3.65. The third-order valence-corrected chi connectivity index (χ3v) is 4.15. The fraction of sp³-hybridized carbons (Fsp3) is 1.00. The quantitative estimate of drug-likeness (QED) is 0.680. The normalized spacial score (nSPS) is 44.2. The van der Waals surface area contributed by atoms with Crippen molar-refractivity contribution < 1.29 is 5.11 Å². The number of hydrogen-bond donors (Lipinski definition) is 2. The Labute approximate surface area is 92.6 Å². The number of nitrogens with zero attached hydrogens (tertiary/aromatic N) is 1. The molecule has 88 valence electrons. The molecule has 0 aromatic carbocycles. The summed E-state index contributed by atoms with van der Waals surface area (Å²) in [6, 6.07) is 1.02. The zero-order valence-electron chi connectivity index (χ0n) is 9.73. The number of piperidine rings is 1. The van der Waals surface area contributed by atoms with Gasteiger partial charge in [0, 0.05) is 18.6 Å². The van der Waals surface area contributed by atoms with Gasteiger partial charge < -0.3 is 10.8 Å². The third-order valence-electron chi connectivity index (χ3n) is 4.15. The van der Waals surface area contributed by atoms with Gasteiger partial charge in [0.05, 0.1) is 6.10 Å². The van der Waals surface area contributed by atoms with Gasteiger partial charge in [-0.2, -0.15) is 0 Å². The average molecular weight is 212 g/mol. The summed E-state index contributed by atoms with van der Waals surface area (Å²) in [7, 11) is 0. The second-order valence-corrected chi connectivity index (χ2v) is 5.41. The maximum absolute atomic E-state index is 9.87. The Morgan fingerprint density at radius 1 is 1.27 bits per heavy atom. The van der Waals surface area contributed by atoms with Gasteiger partial charge >= 0.3 is 0 Å². The summed E-state index contributed by atoms with van der Waals surface area (Å²) in [5, 5.41) is 9.87. The van der Waals surface area contributed by atoms with Crippen molar-refractivity contribution in [2.24, 2.45) is 11.7 Å². The molecule has 15 heavy (non-hydrogen) atoms. The van der Waals surface area contributed by atoms with E-state index in [2.05, 4.69) is 11.8 Å². The van der Waals surface area contributed by atoms with Gasteiger partial charge in [0.25, 0.3) is 0 Å². The number of aliphatic hydroxyl groups excluding tert-OH is 1. The summed E-state index contributed by atoms with van der Waals surface area (Å²) < 4.78 is 0. The van der Waals surface area contributed by atoms with Gasteiger partial charge in [0.15, 0.2) is 0 Å². The predicted molar refractivity (Wildman–Crippen MR) is 61.6 cm³/mol. The molecule has 0 radical (unpaired) electrons. The summed E-state index contributed by atoms with van der Waals surface area (Å²) in [4.78, 5) is 2.46. The lowest BCUT2D eigenvalue weighted by molar-refractivity contribution is 0.00109. The first-order valence-electron chi connectivity index (χ1n) is 6.34. The van der Waals surface area contributed by atoms with E-state index in [9.17, 15) is 5.11 Å². The molecule has 0 aromatic heterocycles. The monoisotopic (exact) mass is 212 g/mol. The van der Waals surface area contributed by atoms with Crippen molar-refractivity contribution in [1.29, 1.82) is 0 Å². The summed E-state index contributed by atoms with van der Waals surface area (Å²) in [6.07, 6.45) is 5.84. The SMILES string of the molecule is CC1CCN(C2CCCC(N)C2)CC1O.